The number of rotatable bonds is 6. The van der Waals surface area contributed by atoms with Gasteiger partial charge in [-0.3, -0.25) is 0 Å². The van der Waals surface area contributed by atoms with E-state index in [4.69, 9.17) is 4.42 Å². The second-order valence-electron chi connectivity index (χ2n) is 18.0. The highest BCUT2D eigenvalue weighted by atomic mass is 16.3. The molecule has 9 aromatic carbocycles. The zero-order chi connectivity index (χ0) is 41.7. The molecule has 2 heteroatoms. The van der Waals surface area contributed by atoms with Gasteiger partial charge in [0.15, 0.2) is 0 Å². The summed E-state index contributed by atoms with van der Waals surface area (Å²) in [6.07, 6.45) is 0. The number of hydrogen-bond acceptors (Lipinski definition) is 2. The molecule has 0 radical (unpaired) electrons. The normalized spacial score (nSPS) is 14.1. The van der Waals surface area contributed by atoms with Crippen LogP contribution < -0.4 is 4.90 Å². The van der Waals surface area contributed by atoms with Crippen molar-refractivity contribution in [2.24, 2.45) is 0 Å². The van der Waals surface area contributed by atoms with Crippen LogP contribution in [-0.4, -0.2) is 0 Å². The first-order valence-corrected chi connectivity index (χ1v) is 21.8. The molecule has 296 valence electrons. The Bertz CT molecular complexity index is 3430. The number of benzene rings is 9. The van der Waals surface area contributed by atoms with Gasteiger partial charge >= 0.3 is 0 Å². The van der Waals surface area contributed by atoms with Crippen molar-refractivity contribution in [3.05, 3.63) is 222 Å². The Kier molecular flexibility index (Phi) is 7.96. The van der Waals surface area contributed by atoms with Gasteiger partial charge in [0.05, 0.1) is 11.4 Å². The lowest BCUT2D eigenvalue weighted by molar-refractivity contribution is 0.660. The van der Waals surface area contributed by atoms with Crippen LogP contribution >= 0.6 is 0 Å². The lowest BCUT2D eigenvalue weighted by Gasteiger charge is -2.31. The molecular formula is C60H45NO. The lowest BCUT2D eigenvalue weighted by atomic mass is 9.82. The van der Waals surface area contributed by atoms with Crippen LogP contribution in [-0.2, 0) is 10.8 Å². The molecule has 0 N–H and O–H groups in total. The molecule has 2 aliphatic carbocycles. The maximum absolute atomic E-state index is 6.47. The number of hydrogen-bond donors (Lipinski definition) is 0. The van der Waals surface area contributed by atoms with Crippen LogP contribution in [0.25, 0.3) is 77.6 Å². The highest BCUT2D eigenvalue weighted by Crippen LogP contribution is 2.55. The smallest absolute Gasteiger partial charge is 0.136 e. The van der Waals surface area contributed by atoms with Crippen molar-refractivity contribution in [2.75, 3.05) is 4.90 Å². The predicted octanol–water partition coefficient (Wildman–Crippen LogP) is 16.7. The number of anilines is 3. The van der Waals surface area contributed by atoms with Crippen molar-refractivity contribution in [1.29, 1.82) is 0 Å². The minimum absolute atomic E-state index is 0.0486. The van der Waals surface area contributed by atoms with E-state index in [0.717, 1.165) is 50.1 Å². The Labute approximate surface area is 363 Å². The molecule has 0 atom stereocenters. The van der Waals surface area contributed by atoms with Gasteiger partial charge in [-0.25, -0.2) is 0 Å². The van der Waals surface area contributed by atoms with Gasteiger partial charge in [-0.05, 0) is 109 Å². The van der Waals surface area contributed by atoms with Crippen molar-refractivity contribution >= 4 is 39.0 Å². The Hall–Kier alpha value is -7.42. The average Bonchev–Trinajstić information content (AvgIpc) is 3.89. The van der Waals surface area contributed by atoms with Crippen LogP contribution in [0.2, 0.25) is 0 Å². The summed E-state index contributed by atoms with van der Waals surface area (Å²) < 4.78 is 6.47. The zero-order valence-corrected chi connectivity index (χ0v) is 35.4. The van der Waals surface area contributed by atoms with Gasteiger partial charge in [0.25, 0.3) is 0 Å². The number of para-hydroxylation sites is 3. The summed E-state index contributed by atoms with van der Waals surface area (Å²) in [6, 6.07) is 73.6. The van der Waals surface area contributed by atoms with E-state index in [0.29, 0.717) is 0 Å². The van der Waals surface area contributed by atoms with Gasteiger partial charge in [0.2, 0.25) is 0 Å². The Morgan fingerprint density at radius 3 is 1.66 bits per heavy atom. The van der Waals surface area contributed by atoms with Crippen LogP contribution in [0.4, 0.5) is 17.1 Å². The molecular weight excluding hydrogens is 751 g/mol. The molecule has 2 nitrogen and oxygen atoms in total. The molecule has 0 bridgehead atoms. The minimum Gasteiger partial charge on any atom is -0.456 e. The summed E-state index contributed by atoms with van der Waals surface area (Å²) in [5, 5.41) is 2.24. The fraction of sp³-hybridized carbons (Fsp3) is 0.100. The minimum atomic E-state index is -0.116. The lowest BCUT2D eigenvalue weighted by Crippen LogP contribution is -2.15. The Balaban J connectivity index is 1.10. The quantitative estimate of drug-likeness (QED) is 0.167. The van der Waals surface area contributed by atoms with Crippen molar-refractivity contribution in [3.8, 4) is 55.6 Å². The summed E-state index contributed by atoms with van der Waals surface area (Å²) in [4.78, 5) is 2.49. The van der Waals surface area contributed by atoms with Crippen LogP contribution in [0.3, 0.4) is 0 Å². The first-order chi connectivity index (χ1) is 30.3. The topological polar surface area (TPSA) is 16.4 Å². The van der Waals surface area contributed by atoms with Gasteiger partial charge in [0.1, 0.15) is 11.2 Å². The summed E-state index contributed by atoms with van der Waals surface area (Å²) >= 11 is 0. The van der Waals surface area contributed by atoms with Gasteiger partial charge in [-0.1, -0.05) is 185 Å². The molecule has 0 unspecified atom stereocenters. The van der Waals surface area contributed by atoms with E-state index in [1.165, 1.54) is 66.8 Å². The third kappa shape index (κ3) is 5.29. The van der Waals surface area contributed by atoms with Gasteiger partial charge in [0, 0.05) is 38.4 Å². The monoisotopic (exact) mass is 795 g/mol. The Morgan fingerprint density at radius 2 is 0.871 bits per heavy atom. The molecule has 12 rings (SSSR count). The van der Waals surface area contributed by atoms with Crippen LogP contribution in [0, 0.1) is 0 Å². The summed E-state index contributed by atoms with van der Waals surface area (Å²) in [6.45, 7) is 9.42. The summed E-state index contributed by atoms with van der Waals surface area (Å²) in [7, 11) is 0. The van der Waals surface area contributed by atoms with E-state index in [-0.39, 0.29) is 10.8 Å². The maximum Gasteiger partial charge on any atom is 0.136 e. The molecule has 0 fully saturated rings. The molecule has 0 amide bonds. The van der Waals surface area contributed by atoms with E-state index in [2.05, 4.69) is 227 Å². The van der Waals surface area contributed by atoms with Gasteiger partial charge in [-0.15, -0.1) is 0 Å². The van der Waals surface area contributed by atoms with E-state index in [1.807, 2.05) is 6.07 Å². The highest BCUT2D eigenvalue weighted by Gasteiger charge is 2.38. The zero-order valence-electron chi connectivity index (χ0n) is 35.4. The van der Waals surface area contributed by atoms with E-state index in [9.17, 15) is 0 Å². The molecule has 1 aromatic heterocycles. The molecule has 0 saturated heterocycles. The maximum atomic E-state index is 6.47. The SMILES string of the molecule is CC1(C)c2ccccc2-c2cc(-c3cccc(N(c4ccccc4-c4cccc5c4-c4ccccc4C5(C)C)c4ccccc4-c4cccc5oc6ccccc6c45)c3)ccc21. The fourth-order valence-electron chi connectivity index (χ4n) is 10.9. The first kappa shape index (κ1) is 36.4. The van der Waals surface area contributed by atoms with Crippen molar-refractivity contribution in [1.82, 2.24) is 0 Å². The highest BCUT2D eigenvalue weighted by molar-refractivity contribution is 6.14. The molecule has 10 aromatic rings. The van der Waals surface area contributed by atoms with Gasteiger partial charge < -0.3 is 9.32 Å². The standard InChI is InChI=1S/C60H45NO/c1-59(2)49-27-10-5-20-41(49)48-37-39(34-35-51(48)59)38-18-15-19-40(36-38)61(54-31-13-8-22-43(54)45-26-17-33-56-58(45)47-24-9-14-32-55(47)62-56)53-30-12-7-21-42(53)44-25-16-29-52-57(44)46-23-6-11-28-50(46)60(52,3)4/h5-37H,1-4H3. The third-order valence-electron chi connectivity index (χ3n) is 13.9. The van der Waals surface area contributed by atoms with E-state index < -0.39 is 0 Å². The van der Waals surface area contributed by atoms with E-state index >= 15 is 0 Å². The molecule has 1 heterocycles. The average molecular weight is 796 g/mol. The molecule has 0 saturated carbocycles. The third-order valence-corrected chi connectivity index (χ3v) is 13.9. The fourth-order valence-corrected chi connectivity index (χ4v) is 10.9. The predicted molar refractivity (Wildman–Crippen MR) is 260 cm³/mol. The first-order valence-electron chi connectivity index (χ1n) is 21.8. The second kappa shape index (κ2) is 13.5. The van der Waals surface area contributed by atoms with Crippen molar-refractivity contribution in [3.63, 3.8) is 0 Å². The molecule has 0 spiro atoms. The van der Waals surface area contributed by atoms with Crippen LogP contribution in [0.1, 0.15) is 49.9 Å². The largest absolute Gasteiger partial charge is 0.456 e. The van der Waals surface area contributed by atoms with E-state index in [1.54, 1.807) is 0 Å². The summed E-state index contributed by atoms with van der Waals surface area (Å²) in [5.41, 5.74) is 22.7. The van der Waals surface area contributed by atoms with Crippen molar-refractivity contribution < 1.29 is 4.42 Å². The molecule has 62 heavy (non-hydrogen) atoms. The Morgan fingerprint density at radius 1 is 0.355 bits per heavy atom. The number of fused-ring (bicyclic) bond motifs is 9. The second-order valence-corrected chi connectivity index (χ2v) is 18.0. The van der Waals surface area contributed by atoms with Gasteiger partial charge in [-0.2, -0.15) is 0 Å². The number of nitrogens with zero attached hydrogens (tertiary/aromatic N) is 1. The van der Waals surface area contributed by atoms with Crippen LogP contribution in [0.5, 0.6) is 0 Å². The number of furan rings is 1. The summed E-state index contributed by atoms with van der Waals surface area (Å²) in [5.74, 6) is 0. The molecule has 0 aliphatic heterocycles. The van der Waals surface area contributed by atoms with Crippen LogP contribution in [0.15, 0.2) is 205 Å². The molecule has 2 aliphatic rings. The van der Waals surface area contributed by atoms with Crippen molar-refractivity contribution in [2.45, 2.75) is 38.5 Å².